The molecule has 2 N–H and O–H groups in total. The van der Waals surface area contributed by atoms with Crippen LogP contribution in [0, 0.1) is 13.8 Å². The highest BCUT2D eigenvalue weighted by molar-refractivity contribution is 5.86. The molecule has 0 atom stereocenters. The summed E-state index contributed by atoms with van der Waals surface area (Å²) in [4.78, 5) is 23.0. The van der Waals surface area contributed by atoms with E-state index >= 15 is 0 Å². The smallest absolute Gasteiger partial charge is 0.224 e. The minimum atomic E-state index is 0. The zero-order valence-corrected chi connectivity index (χ0v) is 16.8. The Morgan fingerprint density at radius 3 is 1.72 bits per heavy atom. The highest BCUT2D eigenvalue weighted by atomic mass is 35.5. The van der Waals surface area contributed by atoms with E-state index < -0.39 is 0 Å². The van der Waals surface area contributed by atoms with E-state index in [1.807, 2.05) is 50.2 Å². The number of halogens is 3. The summed E-state index contributed by atoms with van der Waals surface area (Å²) >= 11 is 0. The van der Waals surface area contributed by atoms with Gasteiger partial charge in [0.25, 0.3) is 0 Å². The molecule has 0 aliphatic heterocycles. The first kappa shape index (κ1) is 25.8. The number of hydrogen-bond donors (Lipinski definition) is 1. The van der Waals surface area contributed by atoms with Crippen molar-refractivity contribution in [1.29, 1.82) is 0 Å². The van der Waals surface area contributed by atoms with E-state index in [1.165, 1.54) is 0 Å². The topological polar surface area (TPSA) is 72.1 Å². The molecule has 5 nitrogen and oxygen atoms in total. The first-order valence-electron chi connectivity index (χ1n) is 7.41. The van der Waals surface area contributed by atoms with Crippen molar-refractivity contribution < 1.29 is 4.79 Å². The summed E-state index contributed by atoms with van der Waals surface area (Å²) in [6.07, 6.45) is 0.331. The minimum absolute atomic E-state index is 0. The van der Waals surface area contributed by atoms with E-state index in [1.54, 1.807) is 4.90 Å². The molecule has 0 saturated carbocycles. The Labute approximate surface area is 167 Å². The Morgan fingerprint density at radius 2 is 1.36 bits per heavy atom. The maximum atomic E-state index is 12.3. The zero-order valence-electron chi connectivity index (χ0n) is 14.3. The third-order valence-electron chi connectivity index (χ3n) is 3.31. The van der Waals surface area contributed by atoms with Crippen LogP contribution >= 0.6 is 37.2 Å². The Bertz CT molecular complexity index is 608. The number of carbonyl (C=O) groups excluding carboxylic acids is 1. The average molecular weight is 408 g/mol. The fourth-order valence-corrected chi connectivity index (χ4v) is 2.28. The quantitative estimate of drug-likeness (QED) is 0.798. The summed E-state index contributed by atoms with van der Waals surface area (Å²) in [6, 6.07) is 11.6. The maximum absolute atomic E-state index is 12.3. The summed E-state index contributed by atoms with van der Waals surface area (Å²) < 4.78 is 0. The van der Waals surface area contributed by atoms with Crippen molar-refractivity contribution >= 4 is 43.1 Å². The first-order valence-corrected chi connectivity index (χ1v) is 7.41. The Morgan fingerprint density at radius 1 is 0.920 bits per heavy atom. The molecule has 0 fully saturated rings. The van der Waals surface area contributed by atoms with Gasteiger partial charge in [-0.15, -0.1) is 37.2 Å². The van der Waals surface area contributed by atoms with Crippen LogP contribution < -0.4 is 5.73 Å². The molecule has 0 bridgehead atoms. The number of pyridine rings is 2. The number of carbonyl (C=O) groups is 1. The summed E-state index contributed by atoms with van der Waals surface area (Å²) in [5.41, 5.74) is 9.15. The molecule has 0 unspecified atom stereocenters. The van der Waals surface area contributed by atoms with Crippen LogP contribution in [0.4, 0.5) is 0 Å². The fraction of sp³-hybridized carbons (Fsp3) is 0.353. The Balaban J connectivity index is 0. The molecule has 0 saturated heterocycles. The lowest BCUT2D eigenvalue weighted by molar-refractivity contribution is -0.132. The second-order valence-corrected chi connectivity index (χ2v) is 5.33. The normalized spacial score (nSPS) is 9.24. The largest absolute Gasteiger partial charge is 0.331 e. The predicted octanol–water partition coefficient (Wildman–Crippen LogP) is 3.24. The van der Waals surface area contributed by atoms with Gasteiger partial charge >= 0.3 is 0 Å². The lowest BCUT2D eigenvalue weighted by atomic mass is 10.2. The second-order valence-electron chi connectivity index (χ2n) is 5.33. The summed E-state index contributed by atoms with van der Waals surface area (Å²) in [5, 5.41) is 0. The van der Waals surface area contributed by atoms with Crippen LogP contribution in [0.3, 0.4) is 0 Å². The molecule has 0 aliphatic rings. The molecule has 2 aromatic heterocycles. The van der Waals surface area contributed by atoms with Gasteiger partial charge in [0.15, 0.2) is 0 Å². The van der Waals surface area contributed by atoms with Gasteiger partial charge in [-0.05, 0) is 38.1 Å². The summed E-state index contributed by atoms with van der Waals surface area (Å²) in [5.74, 6) is 0.0223. The van der Waals surface area contributed by atoms with Crippen LogP contribution in [0.5, 0.6) is 0 Å². The van der Waals surface area contributed by atoms with Crippen LogP contribution in [-0.4, -0.2) is 27.3 Å². The van der Waals surface area contributed by atoms with E-state index in [2.05, 4.69) is 9.97 Å². The number of aryl methyl sites for hydroxylation is 2. The Hall–Kier alpha value is -1.40. The van der Waals surface area contributed by atoms with Gasteiger partial charge in [0, 0.05) is 24.4 Å². The molecule has 0 aromatic carbocycles. The third kappa shape index (κ3) is 8.50. The molecule has 25 heavy (non-hydrogen) atoms. The van der Waals surface area contributed by atoms with Gasteiger partial charge in [0.05, 0.1) is 24.5 Å². The summed E-state index contributed by atoms with van der Waals surface area (Å²) in [6.45, 7) is 5.17. The van der Waals surface area contributed by atoms with Crippen molar-refractivity contribution in [2.45, 2.75) is 33.4 Å². The second kappa shape index (κ2) is 12.9. The SMILES string of the molecule is Cc1cccc(CN(Cc2cccc(C)n2)C(=O)CCN)n1.Cl.Cl.Cl. The van der Waals surface area contributed by atoms with Crippen LogP contribution in [0.2, 0.25) is 0 Å². The molecule has 1 amide bonds. The number of nitrogens with two attached hydrogens (primary N) is 1. The van der Waals surface area contributed by atoms with Crippen LogP contribution in [0.25, 0.3) is 0 Å². The molecule has 2 aromatic rings. The maximum Gasteiger partial charge on any atom is 0.224 e. The molecule has 0 spiro atoms. The van der Waals surface area contributed by atoms with Gasteiger partial charge in [-0.25, -0.2) is 0 Å². The van der Waals surface area contributed by atoms with Crippen molar-refractivity contribution in [2.75, 3.05) is 6.54 Å². The number of nitrogens with zero attached hydrogens (tertiary/aromatic N) is 3. The lowest BCUT2D eigenvalue weighted by Crippen LogP contribution is -2.32. The van der Waals surface area contributed by atoms with Crippen molar-refractivity contribution in [2.24, 2.45) is 5.73 Å². The van der Waals surface area contributed by atoms with Crippen molar-refractivity contribution in [1.82, 2.24) is 14.9 Å². The molecular weight excluding hydrogens is 383 g/mol. The average Bonchev–Trinajstić information content (AvgIpc) is 2.47. The van der Waals surface area contributed by atoms with E-state index in [-0.39, 0.29) is 43.1 Å². The van der Waals surface area contributed by atoms with E-state index in [0.717, 1.165) is 22.8 Å². The minimum Gasteiger partial charge on any atom is -0.331 e. The predicted molar refractivity (Wildman–Crippen MR) is 108 cm³/mol. The molecule has 2 heterocycles. The van der Waals surface area contributed by atoms with Gasteiger partial charge in [-0.3, -0.25) is 14.8 Å². The van der Waals surface area contributed by atoms with Gasteiger partial charge in [0.1, 0.15) is 0 Å². The molecule has 8 heteroatoms. The first-order chi connectivity index (χ1) is 10.6. The van der Waals surface area contributed by atoms with Gasteiger partial charge in [-0.2, -0.15) is 0 Å². The molecule has 0 aliphatic carbocycles. The van der Waals surface area contributed by atoms with Gasteiger partial charge in [-0.1, -0.05) is 12.1 Å². The van der Waals surface area contributed by atoms with E-state index in [9.17, 15) is 4.79 Å². The third-order valence-corrected chi connectivity index (χ3v) is 3.31. The summed E-state index contributed by atoms with van der Waals surface area (Å²) in [7, 11) is 0. The van der Waals surface area contributed by atoms with Crippen molar-refractivity contribution in [3.8, 4) is 0 Å². The van der Waals surface area contributed by atoms with Gasteiger partial charge < -0.3 is 10.6 Å². The van der Waals surface area contributed by atoms with Crippen molar-refractivity contribution in [3.05, 3.63) is 59.2 Å². The zero-order chi connectivity index (χ0) is 15.9. The monoisotopic (exact) mass is 406 g/mol. The van der Waals surface area contributed by atoms with Crippen LogP contribution in [-0.2, 0) is 17.9 Å². The number of hydrogen-bond acceptors (Lipinski definition) is 4. The highest BCUT2D eigenvalue weighted by Gasteiger charge is 2.15. The molecule has 140 valence electrons. The molecule has 0 radical (unpaired) electrons. The lowest BCUT2D eigenvalue weighted by Gasteiger charge is -2.22. The van der Waals surface area contributed by atoms with Crippen molar-refractivity contribution in [3.63, 3.8) is 0 Å². The number of aromatic nitrogens is 2. The Kier molecular flexibility index (Phi) is 13.3. The number of amides is 1. The molecule has 2 rings (SSSR count). The highest BCUT2D eigenvalue weighted by Crippen LogP contribution is 2.10. The standard InChI is InChI=1S/C17H22N4O.3ClH/c1-13-5-3-7-15(19-13)11-21(17(22)9-10-18)12-16-8-4-6-14(2)20-16;;;/h3-8H,9-12,18H2,1-2H3;3*1H. The van der Waals surface area contributed by atoms with Crippen LogP contribution in [0.1, 0.15) is 29.2 Å². The number of rotatable bonds is 6. The van der Waals surface area contributed by atoms with E-state index in [4.69, 9.17) is 5.73 Å². The van der Waals surface area contributed by atoms with E-state index in [0.29, 0.717) is 26.1 Å². The van der Waals surface area contributed by atoms with Gasteiger partial charge in [0.2, 0.25) is 5.91 Å². The molecular formula is C17H25Cl3N4O. The van der Waals surface area contributed by atoms with Crippen LogP contribution in [0.15, 0.2) is 36.4 Å². The fourth-order valence-electron chi connectivity index (χ4n) is 2.28.